The Balaban J connectivity index is 1.05. The number of esters is 2. The molecule has 0 bridgehead atoms. The van der Waals surface area contributed by atoms with Gasteiger partial charge in [-0.1, -0.05) is 212 Å². The van der Waals surface area contributed by atoms with Crippen LogP contribution < -0.4 is 0 Å². The van der Waals surface area contributed by atoms with Crippen LogP contribution in [0.15, 0.2) is 225 Å². The highest BCUT2D eigenvalue weighted by molar-refractivity contribution is 5.76. The fourth-order valence-electron chi connectivity index (χ4n) is 10.9. The largest absolute Gasteiger partial charge is 0.493 e. The summed E-state index contributed by atoms with van der Waals surface area (Å²) in [6, 6.07) is 68.5. The summed E-state index contributed by atoms with van der Waals surface area (Å²) in [4.78, 5) is 29.2. The first-order valence-corrected chi connectivity index (χ1v) is 32.0. The van der Waals surface area contributed by atoms with E-state index in [0.717, 1.165) is 38.9 Å². The number of hydrogen-bond donors (Lipinski definition) is 0. The van der Waals surface area contributed by atoms with Crippen LogP contribution in [0.25, 0.3) is 0 Å². The van der Waals surface area contributed by atoms with E-state index in [2.05, 4.69) is 0 Å². The van der Waals surface area contributed by atoms with E-state index in [0.29, 0.717) is 6.61 Å². The zero-order chi connectivity index (χ0) is 64.8. The standard InChI is InChI=1S/C77H88O16/c1-76(2,3)74(78)92-70-68(86-49-59-38-24-12-25-39-59)66(84-47-57-34-20-10-21-35-57)63(52-81-45-55-30-16-8-17-31-55)89-72(70)88-53-64-67(85-48-58-36-22-11-23-37-58)69(87-50-60-40-26-13-27-41-60)71(93-75(79)77(4,5)6)73(90-64)91-65-61(83-46-56-32-18-9-19-33-56)42-43-82-62(65)51-80-44-54-28-14-7-15-29-54/h7-43,61-73H,44-53H2,1-6H3/t61-,62?,63?,64?,65-,66+,67-,68-,69+,70?,71?,72+,73+/m0/s1. The molecule has 0 aromatic heterocycles. The molecule has 0 aliphatic carbocycles. The maximum Gasteiger partial charge on any atom is 0.311 e. The zero-order valence-corrected chi connectivity index (χ0v) is 54.0. The van der Waals surface area contributed by atoms with E-state index in [1.807, 2.05) is 212 Å². The van der Waals surface area contributed by atoms with Crippen LogP contribution in [0.1, 0.15) is 80.5 Å². The first-order valence-electron chi connectivity index (χ1n) is 32.0. The monoisotopic (exact) mass is 1270 g/mol. The van der Waals surface area contributed by atoms with Gasteiger partial charge >= 0.3 is 11.9 Å². The minimum atomic E-state index is -1.42. The van der Waals surface area contributed by atoms with E-state index in [4.69, 9.17) is 66.3 Å². The maximum atomic E-state index is 14.6. The normalized spacial score (nSPS) is 24.8. The fraction of sp³-hybridized carbons (Fsp3) is 0.403. The molecule has 16 nitrogen and oxygen atoms in total. The second-order valence-electron chi connectivity index (χ2n) is 25.6. The highest BCUT2D eigenvalue weighted by atomic mass is 16.8. The molecule has 0 amide bonds. The van der Waals surface area contributed by atoms with Crippen molar-refractivity contribution in [3.05, 3.63) is 264 Å². The van der Waals surface area contributed by atoms with Gasteiger partial charge in [-0.15, -0.1) is 0 Å². The van der Waals surface area contributed by atoms with Gasteiger partial charge in [0.1, 0.15) is 48.8 Å². The van der Waals surface area contributed by atoms with Crippen molar-refractivity contribution in [3.8, 4) is 0 Å². The lowest BCUT2D eigenvalue weighted by atomic mass is 9.94. The van der Waals surface area contributed by atoms with Crippen LogP contribution in [0.5, 0.6) is 0 Å². The Kier molecular flexibility index (Phi) is 25.1. The Morgan fingerprint density at radius 2 is 0.645 bits per heavy atom. The second-order valence-corrected chi connectivity index (χ2v) is 25.6. The van der Waals surface area contributed by atoms with E-state index >= 15 is 0 Å². The van der Waals surface area contributed by atoms with Crippen molar-refractivity contribution in [1.29, 1.82) is 0 Å². The Labute approximate surface area is 547 Å². The lowest BCUT2D eigenvalue weighted by Crippen LogP contribution is -2.65. The molecule has 492 valence electrons. The molecule has 93 heavy (non-hydrogen) atoms. The Hall–Kier alpha value is -7.42. The van der Waals surface area contributed by atoms with Crippen molar-refractivity contribution in [2.24, 2.45) is 10.8 Å². The van der Waals surface area contributed by atoms with Gasteiger partial charge in [0.2, 0.25) is 0 Å². The maximum absolute atomic E-state index is 14.6. The van der Waals surface area contributed by atoms with Crippen molar-refractivity contribution >= 4 is 11.9 Å². The number of carbonyl (C=O) groups is 2. The third-order valence-electron chi connectivity index (χ3n) is 16.0. The molecule has 3 heterocycles. The molecule has 5 unspecified atom stereocenters. The summed E-state index contributed by atoms with van der Waals surface area (Å²) < 4.78 is 96.5. The fourth-order valence-corrected chi connectivity index (χ4v) is 10.9. The van der Waals surface area contributed by atoms with Crippen molar-refractivity contribution in [2.45, 2.75) is 168 Å². The van der Waals surface area contributed by atoms with Crippen LogP contribution in [-0.4, -0.2) is 111 Å². The average molecular weight is 1270 g/mol. The van der Waals surface area contributed by atoms with Gasteiger partial charge in [-0.3, -0.25) is 9.59 Å². The van der Waals surface area contributed by atoms with Gasteiger partial charge in [0, 0.05) is 0 Å². The lowest BCUT2D eigenvalue weighted by Gasteiger charge is -2.49. The molecule has 13 atom stereocenters. The molecule has 7 aromatic carbocycles. The van der Waals surface area contributed by atoms with E-state index in [1.165, 1.54) is 0 Å². The number of benzene rings is 7. The van der Waals surface area contributed by atoms with Crippen LogP contribution in [-0.2, 0) is 122 Å². The van der Waals surface area contributed by atoms with Crippen LogP contribution in [0.2, 0.25) is 0 Å². The quantitative estimate of drug-likeness (QED) is 0.0390. The first kappa shape index (κ1) is 68.4. The van der Waals surface area contributed by atoms with Gasteiger partial charge in [-0.25, -0.2) is 0 Å². The predicted octanol–water partition coefficient (Wildman–Crippen LogP) is 13.0. The first-order chi connectivity index (χ1) is 45.2. The summed E-state index contributed by atoms with van der Waals surface area (Å²) in [5.41, 5.74) is 4.37. The van der Waals surface area contributed by atoms with Gasteiger partial charge in [0.25, 0.3) is 0 Å². The van der Waals surface area contributed by atoms with Gasteiger partial charge in [0.05, 0.1) is 83.2 Å². The van der Waals surface area contributed by atoms with Crippen molar-refractivity contribution in [3.63, 3.8) is 0 Å². The smallest absolute Gasteiger partial charge is 0.311 e. The molecule has 0 radical (unpaired) electrons. The molecule has 16 heteroatoms. The number of hydrogen-bond acceptors (Lipinski definition) is 16. The topological polar surface area (TPSA) is 163 Å². The summed E-state index contributed by atoms with van der Waals surface area (Å²) in [7, 11) is 0. The van der Waals surface area contributed by atoms with E-state index < -0.39 is 102 Å². The molecule has 2 fully saturated rings. The minimum Gasteiger partial charge on any atom is -0.493 e. The molecule has 0 N–H and O–H groups in total. The highest BCUT2D eigenvalue weighted by Gasteiger charge is 2.55. The highest BCUT2D eigenvalue weighted by Crippen LogP contribution is 2.38. The van der Waals surface area contributed by atoms with Crippen LogP contribution in [0.4, 0.5) is 0 Å². The SMILES string of the molecule is CC(C)(C)C(=O)OC1[C@H](OCC2O[C@H](O[C@@H]3C(COCc4ccccc4)OC=C[C@@H]3OCc3ccccc3)C(OC(=O)C(C)(C)C)[C@H](OCc3ccccc3)[C@H]2OCc2ccccc2)OC(COCc2ccccc2)[C@@H](OCc2ccccc2)[C@@H]1OCc1ccccc1. The van der Waals surface area contributed by atoms with Gasteiger partial charge in [-0.05, 0) is 86.6 Å². The molecule has 0 saturated carbocycles. The van der Waals surface area contributed by atoms with Crippen LogP contribution in [0, 0.1) is 10.8 Å². The molecule has 3 aliphatic rings. The third kappa shape index (κ3) is 20.3. The van der Waals surface area contributed by atoms with Crippen molar-refractivity contribution in [1.82, 2.24) is 0 Å². The summed E-state index contributed by atoms with van der Waals surface area (Å²) in [5, 5.41) is 0. The van der Waals surface area contributed by atoms with E-state index in [1.54, 1.807) is 53.9 Å². The van der Waals surface area contributed by atoms with Crippen molar-refractivity contribution < 1.29 is 75.9 Å². The summed E-state index contributed by atoms with van der Waals surface area (Å²) in [6.45, 7) is 11.7. The van der Waals surface area contributed by atoms with E-state index in [9.17, 15) is 9.59 Å². The summed E-state index contributed by atoms with van der Waals surface area (Å²) in [6.07, 6.45) is -10.4. The molecular weight excluding hydrogens is 1180 g/mol. The van der Waals surface area contributed by atoms with Gasteiger partial charge in [0.15, 0.2) is 30.9 Å². The van der Waals surface area contributed by atoms with Crippen LogP contribution >= 0.6 is 0 Å². The molecule has 10 rings (SSSR count). The van der Waals surface area contributed by atoms with Gasteiger partial charge < -0.3 is 66.3 Å². The zero-order valence-electron chi connectivity index (χ0n) is 54.0. The number of carbonyl (C=O) groups excluding carboxylic acids is 2. The van der Waals surface area contributed by atoms with E-state index in [-0.39, 0.29) is 59.5 Å². The number of rotatable bonds is 30. The molecule has 3 aliphatic heterocycles. The summed E-state index contributed by atoms with van der Waals surface area (Å²) >= 11 is 0. The minimum absolute atomic E-state index is 0.0237. The summed E-state index contributed by atoms with van der Waals surface area (Å²) in [5.74, 6) is -1.07. The number of ether oxygens (including phenoxy) is 14. The van der Waals surface area contributed by atoms with Crippen molar-refractivity contribution in [2.75, 3.05) is 19.8 Å². The predicted molar refractivity (Wildman–Crippen MR) is 348 cm³/mol. The molecule has 7 aromatic rings. The average Bonchev–Trinajstić information content (AvgIpc) is 0.896. The Morgan fingerprint density at radius 1 is 0.333 bits per heavy atom. The second kappa shape index (κ2) is 34.1. The lowest BCUT2D eigenvalue weighted by molar-refractivity contribution is -0.356. The molecule has 2 saturated heterocycles. The van der Waals surface area contributed by atoms with Crippen LogP contribution in [0.3, 0.4) is 0 Å². The molecular formula is C77H88O16. The van der Waals surface area contributed by atoms with Gasteiger partial charge in [-0.2, -0.15) is 0 Å². The Bertz CT molecular complexity index is 3310. The molecule has 0 spiro atoms. The third-order valence-corrected chi connectivity index (χ3v) is 16.0. The Morgan fingerprint density at radius 3 is 1.02 bits per heavy atom.